The Morgan fingerprint density at radius 3 is 2.71 bits per heavy atom. The first-order valence-corrected chi connectivity index (χ1v) is 9.76. The molecule has 2 aromatic heterocycles. The molecule has 0 spiro atoms. The van der Waals surface area contributed by atoms with Gasteiger partial charge in [0.2, 0.25) is 0 Å². The molecular weight excluding hydrogens is 358 g/mol. The Hall–Kier alpha value is -2.87. The summed E-state index contributed by atoms with van der Waals surface area (Å²) in [6, 6.07) is 5.28. The molecule has 3 heterocycles. The van der Waals surface area contributed by atoms with E-state index in [1.807, 2.05) is 6.07 Å². The Morgan fingerprint density at radius 1 is 1.11 bits per heavy atom. The van der Waals surface area contributed by atoms with Crippen LogP contribution < -0.4 is 4.90 Å². The first-order valence-electron chi connectivity index (χ1n) is 9.76. The number of fused-ring (bicyclic) bond motifs is 3. The molecule has 0 saturated carbocycles. The molecule has 1 aliphatic heterocycles. The van der Waals surface area contributed by atoms with Gasteiger partial charge >= 0.3 is 5.97 Å². The van der Waals surface area contributed by atoms with Gasteiger partial charge in [-0.15, -0.1) is 0 Å². The standard InChI is InChI=1S/C20H25N5O3/c26-14-5-6-16-15(12-14)18-19(23-16)21-13-22-20(18)25-10-8-24(9-11-25)7-3-1-2-4-17(27)28/h5-6,12-13,26H,1-4,7-11H2,(H,27,28)(H,21,22,23). The number of phenolic OH excluding ortho intramolecular Hbond substituents is 1. The lowest BCUT2D eigenvalue weighted by Crippen LogP contribution is -2.47. The molecule has 3 aromatic rings. The van der Waals surface area contributed by atoms with Gasteiger partial charge in [0.05, 0.1) is 5.39 Å². The number of phenols is 1. The predicted octanol–water partition coefficient (Wildman–Crippen LogP) is 2.58. The molecule has 1 aromatic carbocycles. The number of aliphatic carboxylic acids is 1. The highest BCUT2D eigenvalue weighted by atomic mass is 16.4. The van der Waals surface area contributed by atoms with Crippen molar-refractivity contribution in [2.45, 2.75) is 25.7 Å². The maximum absolute atomic E-state index is 10.6. The van der Waals surface area contributed by atoms with E-state index >= 15 is 0 Å². The van der Waals surface area contributed by atoms with Crippen LogP contribution in [0.25, 0.3) is 21.9 Å². The number of carbonyl (C=O) groups is 1. The zero-order chi connectivity index (χ0) is 19.5. The quantitative estimate of drug-likeness (QED) is 0.539. The number of H-pyrrole nitrogens is 1. The third-order valence-electron chi connectivity index (χ3n) is 5.39. The summed E-state index contributed by atoms with van der Waals surface area (Å²) in [5, 5.41) is 20.5. The number of carboxylic acids is 1. The smallest absolute Gasteiger partial charge is 0.303 e. The van der Waals surface area contributed by atoms with Gasteiger partial charge in [0.1, 0.15) is 23.5 Å². The molecule has 1 fully saturated rings. The number of benzene rings is 1. The number of anilines is 1. The average molecular weight is 383 g/mol. The summed E-state index contributed by atoms with van der Waals surface area (Å²) >= 11 is 0. The summed E-state index contributed by atoms with van der Waals surface area (Å²) in [5.41, 5.74) is 1.72. The summed E-state index contributed by atoms with van der Waals surface area (Å²) in [6.07, 6.45) is 4.59. The lowest BCUT2D eigenvalue weighted by Gasteiger charge is -2.35. The highest BCUT2D eigenvalue weighted by molar-refractivity contribution is 6.11. The predicted molar refractivity (Wildman–Crippen MR) is 108 cm³/mol. The second-order valence-corrected chi connectivity index (χ2v) is 7.31. The van der Waals surface area contributed by atoms with E-state index in [9.17, 15) is 9.90 Å². The number of nitrogens with zero attached hydrogens (tertiary/aromatic N) is 4. The lowest BCUT2D eigenvalue weighted by molar-refractivity contribution is -0.137. The molecule has 8 heteroatoms. The van der Waals surface area contributed by atoms with E-state index in [4.69, 9.17) is 5.11 Å². The Morgan fingerprint density at radius 2 is 1.93 bits per heavy atom. The van der Waals surface area contributed by atoms with Gasteiger partial charge in [0.25, 0.3) is 0 Å². The van der Waals surface area contributed by atoms with Gasteiger partial charge in [0, 0.05) is 43.5 Å². The molecule has 0 bridgehead atoms. The number of piperazine rings is 1. The average Bonchev–Trinajstić information content (AvgIpc) is 3.06. The molecule has 1 aliphatic rings. The van der Waals surface area contributed by atoms with E-state index in [0.717, 1.165) is 79.7 Å². The maximum atomic E-state index is 10.6. The van der Waals surface area contributed by atoms with Gasteiger partial charge in [-0.1, -0.05) is 6.42 Å². The van der Waals surface area contributed by atoms with Crippen molar-refractivity contribution in [2.75, 3.05) is 37.6 Å². The summed E-state index contributed by atoms with van der Waals surface area (Å²) < 4.78 is 0. The molecule has 0 amide bonds. The van der Waals surface area contributed by atoms with E-state index < -0.39 is 5.97 Å². The first-order chi connectivity index (χ1) is 13.6. The van der Waals surface area contributed by atoms with E-state index in [1.54, 1.807) is 18.5 Å². The molecule has 0 aliphatic carbocycles. The first kappa shape index (κ1) is 18.5. The van der Waals surface area contributed by atoms with E-state index in [-0.39, 0.29) is 12.2 Å². The monoisotopic (exact) mass is 383 g/mol. The van der Waals surface area contributed by atoms with Gasteiger partial charge in [0.15, 0.2) is 0 Å². The van der Waals surface area contributed by atoms with Crippen molar-refractivity contribution in [3.8, 4) is 5.75 Å². The van der Waals surface area contributed by atoms with E-state index in [2.05, 4.69) is 24.8 Å². The van der Waals surface area contributed by atoms with Crippen LogP contribution in [0.2, 0.25) is 0 Å². The molecule has 0 unspecified atom stereocenters. The van der Waals surface area contributed by atoms with Gasteiger partial charge in [-0.3, -0.25) is 9.69 Å². The number of hydrogen-bond acceptors (Lipinski definition) is 6. The van der Waals surface area contributed by atoms with Crippen LogP contribution in [0.1, 0.15) is 25.7 Å². The van der Waals surface area contributed by atoms with Gasteiger partial charge in [-0.2, -0.15) is 0 Å². The SMILES string of the molecule is O=C(O)CCCCCN1CCN(c2ncnc3[nH]c4ccc(O)cc4c23)CC1. The molecule has 1 saturated heterocycles. The Balaban J connectivity index is 1.42. The van der Waals surface area contributed by atoms with E-state index in [1.165, 1.54) is 0 Å². The van der Waals surface area contributed by atoms with Crippen molar-refractivity contribution in [2.24, 2.45) is 0 Å². The summed E-state index contributed by atoms with van der Waals surface area (Å²) in [7, 11) is 0. The van der Waals surface area contributed by atoms with Crippen molar-refractivity contribution < 1.29 is 15.0 Å². The van der Waals surface area contributed by atoms with E-state index in [0.29, 0.717) is 0 Å². The Bertz CT molecular complexity index is 979. The second kappa shape index (κ2) is 8.02. The summed E-state index contributed by atoms with van der Waals surface area (Å²) in [5.74, 6) is 0.425. The number of carboxylic acid groups (broad SMARTS) is 1. The van der Waals surface area contributed by atoms with Crippen LogP contribution in [0.4, 0.5) is 5.82 Å². The maximum Gasteiger partial charge on any atom is 0.303 e. The van der Waals surface area contributed by atoms with Crippen LogP contribution in [0.3, 0.4) is 0 Å². The fraction of sp³-hybridized carbons (Fsp3) is 0.450. The molecule has 0 atom stereocenters. The highest BCUT2D eigenvalue weighted by Gasteiger charge is 2.21. The number of nitrogens with one attached hydrogen (secondary N) is 1. The zero-order valence-corrected chi connectivity index (χ0v) is 15.8. The number of aromatic amines is 1. The molecule has 8 nitrogen and oxygen atoms in total. The normalized spacial score (nSPS) is 15.5. The third-order valence-corrected chi connectivity index (χ3v) is 5.39. The van der Waals surface area contributed by atoms with Crippen LogP contribution in [-0.4, -0.2) is 68.8 Å². The molecule has 0 radical (unpaired) electrons. The van der Waals surface area contributed by atoms with Crippen molar-refractivity contribution in [3.05, 3.63) is 24.5 Å². The molecular formula is C20H25N5O3. The number of rotatable bonds is 7. The summed E-state index contributed by atoms with van der Waals surface area (Å²) in [4.78, 5) is 27.5. The van der Waals surface area contributed by atoms with Crippen molar-refractivity contribution in [3.63, 3.8) is 0 Å². The topological polar surface area (TPSA) is 106 Å². The van der Waals surface area contributed by atoms with Gasteiger partial charge < -0.3 is 20.1 Å². The third kappa shape index (κ3) is 3.87. The Kier molecular flexibility index (Phi) is 5.29. The van der Waals surface area contributed by atoms with Gasteiger partial charge in [-0.25, -0.2) is 9.97 Å². The lowest BCUT2D eigenvalue weighted by atomic mass is 10.1. The minimum atomic E-state index is -0.713. The van der Waals surface area contributed by atoms with Crippen molar-refractivity contribution in [1.29, 1.82) is 0 Å². The van der Waals surface area contributed by atoms with Crippen LogP contribution in [0.5, 0.6) is 5.75 Å². The zero-order valence-electron chi connectivity index (χ0n) is 15.8. The highest BCUT2D eigenvalue weighted by Crippen LogP contribution is 2.33. The van der Waals surface area contributed by atoms with Crippen molar-refractivity contribution >= 4 is 33.7 Å². The largest absolute Gasteiger partial charge is 0.508 e. The fourth-order valence-corrected chi connectivity index (χ4v) is 3.91. The van der Waals surface area contributed by atoms with Crippen LogP contribution in [0, 0.1) is 0 Å². The molecule has 28 heavy (non-hydrogen) atoms. The molecule has 148 valence electrons. The fourth-order valence-electron chi connectivity index (χ4n) is 3.91. The number of hydrogen-bond donors (Lipinski definition) is 3. The Labute approximate surface area is 162 Å². The number of unbranched alkanes of at least 4 members (excludes halogenated alkanes) is 2. The van der Waals surface area contributed by atoms with Crippen LogP contribution >= 0.6 is 0 Å². The molecule has 3 N–H and O–H groups in total. The minimum absolute atomic E-state index is 0.232. The number of aromatic hydroxyl groups is 1. The van der Waals surface area contributed by atoms with Crippen molar-refractivity contribution in [1.82, 2.24) is 19.9 Å². The number of aromatic nitrogens is 3. The minimum Gasteiger partial charge on any atom is -0.508 e. The molecule has 4 rings (SSSR count). The van der Waals surface area contributed by atoms with Crippen LogP contribution in [0.15, 0.2) is 24.5 Å². The summed E-state index contributed by atoms with van der Waals surface area (Å²) in [6.45, 7) is 4.68. The van der Waals surface area contributed by atoms with Crippen LogP contribution in [-0.2, 0) is 4.79 Å². The second-order valence-electron chi connectivity index (χ2n) is 7.31. The van der Waals surface area contributed by atoms with Gasteiger partial charge in [-0.05, 0) is 37.6 Å².